The predicted molar refractivity (Wildman–Crippen MR) is 139 cm³/mol. The van der Waals surface area contributed by atoms with Crippen LogP contribution in [0.3, 0.4) is 0 Å². The number of ether oxygens (including phenoxy) is 1. The third-order valence-electron chi connectivity index (χ3n) is 5.38. The van der Waals surface area contributed by atoms with Gasteiger partial charge in [0.2, 0.25) is 5.91 Å². The zero-order chi connectivity index (χ0) is 26.1. The number of amides is 1. The average molecular weight is 557 g/mol. The van der Waals surface area contributed by atoms with E-state index in [4.69, 9.17) is 4.74 Å². The summed E-state index contributed by atoms with van der Waals surface area (Å²) in [7, 11) is 0. The number of halogens is 4. The van der Waals surface area contributed by atoms with Gasteiger partial charge in [0, 0.05) is 29.8 Å². The van der Waals surface area contributed by atoms with Gasteiger partial charge in [-0.25, -0.2) is 4.79 Å². The number of carbonyl (C=O) groups excluding carboxylic acids is 1. The second-order valence-electron chi connectivity index (χ2n) is 8.24. The molecule has 3 rings (SSSR count). The maximum absolute atomic E-state index is 12.9. The number of hydrogen-bond donors (Lipinski definition) is 2. The fourth-order valence-electron chi connectivity index (χ4n) is 3.58. The second kappa shape index (κ2) is 14.1. The molecule has 1 aromatic heterocycles. The van der Waals surface area contributed by atoms with Gasteiger partial charge in [-0.1, -0.05) is 18.2 Å². The van der Waals surface area contributed by atoms with E-state index in [0.29, 0.717) is 23.3 Å². The molecular weight excluding hydrogens is 529 g/mol. The minimum absolute atomic E-state index is 0. The summed E-state index contributed by atoms with van der Waals surface area (Å²) in [6, 6.07) is 11.6. The number of nitrogens with zero attached hydrogens (tertiary/aromatic N) is 1. The zero-order valence-electron chi connectivity index (χ0n) is 20.1. The van der Waals surface area contributed by atoms with Crippen molar-refractivity contribution in [2.75, 3.05) is 12.4 Å². The fourth-order valence-corrected chi connectivity index (χ4v) is 4.63. The van der Waals surface area contributed by atoms with Gasteiger partial charge in [-0.2, -0.15) is 13.2 Å². The molecule has 0 saturated heterocycles. The molecule has 0 aliphatic carbocycles. The standard InChI is InChI=1S/C26H27F3N2O4S.ClH/c1-17(32)31-23(25(33)34)15-18-5-8-20(9-6-18)35-13-3-2-4-14-36-24-11-12-30-22-16-19(26(27,28)29)7-10-21(22)24;/h5-12,16,23H,2-4,13-15H2,1H3,(H,31,32)(H,33,34);1H. The van der Waals surface area contributed by atoms with Crippen molar-refractivity contribution in [2.24, 2.45) is 0 Å². The first-order valence-corrected chi connectivity index (χ1v) is 12.4. The molecule has 0 aliphatic rings. The second-order valence-corrected chi connectivity index (χ2v) is 9.37. The maximum atomic E-state index is 12.9. The summed E-state index contributed by atoms with van der Waals surface area (Å²) in [5, 5.41) is 12.3. The molecule has 0 saturated carbocycles. The first-order chi connectivity index (χ1) is 17.1. The Morgan fingerprint density at radius 2 is 1.81 bits per heavy atom. The monoisotopic (exact) mass is 556 g/mol. The Morgan fingerprint density at radius 3 is 2.46 bits per heavy atom. The molecule has 0 radical (unpaired) electrons. The first-order valence-electron chi connectivity index (χ1n) is 11.4. The van der Waals surface area contributed by atoms with Gasteiger partial charge < -0.3 is 15.2 Å². The van der Waals surface area contributed by atoms with Crippen LogP contribution in [0.1, 0.15) is 37.3 Å². The van der Waals surface area contributed by atoms with E-state index in [1.165, 1.54) is 19.2 Å². The number of thioether (sulfide) groups is 1. The van der Waals surface area contributed by atoms with Gasteiger partial charge >= 0.3 is 12.1 Å². The quantitative estimate of drug-likeness (QED) is 0.205. The molecule has 1 heterocycles. The van der Waals surface area contributed by atoms with E-state index >= 15 is 0 Å². The first kappa shape index (κ1) is 30.2. The minimum Gasteiger partial charge on any atom is -0.494 e. The number of carbonyl (C=O) groups is 2. The third-order valence-corrected chi connectivity index (χ3v) is 6.54. The van der Waals surface area contributed by atoms with Crippen LogP contribution in [0.25, 0.3) is 10.9 Å². The molecule has 1 amide bonds. The Labute approximate surface area is 223 Å². The number of unbranched alkanes of at least 4 members (excludes halogenated alkanes) is 2. The molecule has 11 heteroatoms. The number of rotatable bonds is 12. The topological polar surface area (TPSA) is 88.5 Å². The van der Waals surface area contributed by atoms with Crippen molar-refractivity contribution in [3.63, 3.8) is 0 Å². The van der Waals surface area contributed by atoms with E-state index in [0.717, 1.165) is 47.6 Å². The summed E-state index contributed by atoms with van der Waals surface area (Å²) in [5.41, 5.74) is 0.412. The molecule has 1 atom stereocenters. The smallest absolute Gasteiger partial charge is 0.416 e. The Kier molecular flexibility index (Phi) is 11.5. The largest absolute Gasteiger partial charge is 0.494 e. The van der Waals surface area contributed by atoms with Crippen molar-refractivity contribution < 1.29 is 32.6 Å². The lowest BCUT2D eigenvalue weighted by Gasteiger charge is -2.13. The summed E-state index contributed by atoms with van der Waals surface area (Å²) in [4.78, 5) is 27.4. The molecule has 200 valence electrons. The Balaban J connectivity index is 0.00000481. The molecule has 0 fully saturated rings. The molecule has 1 unspecified atom stereocenters. The van der Waals surface area contributed by atoms with Crippen molar-refractivity contribution in [1.82, 2.24) is 10.3 Å². The van der Waals surface area contributed by atoms with E-state index in [2.05, 4.69) is 10.3 Å². The van der Waals surface area contributed by atoms with Crippen LogP contribution in [0.5, 0.6) is 5.75 Å². The molecule has 0 spiro atoms. The summed E-state index contributed by atoms with van der Waals surface area (Å²) in [6.07, 6.45) is 0.0352. The molecule has 0 aliphatic heterocycles. The number of hydrogen-bond acceptors (Lipinski definition) is 5. The van der Waals surface area contributed by atoms with Gasteiger partial charge in [-0.3, -0.25) is 9.78 Å². The van der Waals surface area contributed by atoms with Crippen LogP contribution in [-0.2, 0) is 22.2 Å². The average Bonchev–Trinajstić information content (AvgIpc) is 2.82. The summed E-state index contributed by atoms with van der Waals surface area (Å²) in [5.74, 6) is 0.0280. The highest BCUT2D eigenvalue weighted by Crippen LogP contribution is 2.34. The van der Waals surface area contributed by atoms with Crippen molar-refractivity contribution in [3.8, 4) is 5.75 Å². The van der Waals surface area contributed by atoms with Crippen LogP contribution in [0, 0.1) is 0 Å². The molecule has 3 aromatic rings. The van der Waals surface area contributed by atoms with Gasteiger partial charge in [0.1, 0.15) is 11.8 Å². The normalized spacial score (nSPS) is 12.0. The van der Waals surface area contributed by atoms with Gasteiger partial charge in [0.15, 0.2) is 0 Å². The zero-order valence-corrected chi connectivity index (χ0v) is 21.7. The van der Waals surface area contributed by atoms with Crippen molar-refractivity contribution in [2.45, 2.75) is 49.7 Å². The Morgan fingerprint density at radius 1 is 1.08 bits per heavy atom. The van der Waals surface area contributed by atoms with Crippen LogP contribution < -0.4 is 10.1 Å². The lowest BCUT2D eigenvalue weighted by molar-refractivity contribution is -0.141. The van der Waals surface area contributed by atoms with E-state index in [-0.39, 0.29) is 18.8 Å². The summed E-state index contributed by atoms with van der Waals surface area (Å²) in [6.45, 7) is 1.81. The predicted octanol–water partition coefficient (Wildman–Crippen LogP) is 6.15. The highest BCUT2D eigenvalue weighted by Gasteiger charge is 2.30. The van der Waals surface area contributed by atoms with E-state index < -0.39 is 29.7 Å². The lowest BCUT2D eigenvalue weighted by Crippen LogP contribution is -2.41. The highest BCUT2D eigenvalue weighted by atomic mass is 35.5. The molecular formula is C26H28ClF3N2O4S. The van der Waals surface area contributed by atoms with Crippen LogP contribution in [0.4, 0.5) is 13.2 Å². The van der Waals surface area contributed by atoms with Crippen LogP contribution in [0.2, 0.25) is 0 Å². The highest BCUT2D eigenvalue weighted by molar-refractivity contribution is 7.99. The van der Waals surface area contributed by atoms with E-state index in [9.17, 15) is 27.9 Å². The summed E-state index contributed by atoms with van der Waals surface area (Å²) >= 11 is 1.60. The Bertz CT molecular complexity index is 1190. The number of pyridine rings is 1. The van der Waals surface area contributed by atoms with Crippen LogP contribution in [-0.4, -0.2) is 40.4 Å². The molecule has 0 bridgehead atoms. The maximum Gasteiger partial charge on any atom is 0.416 e. The lowest BCUT2D eigenvalue weighted by atomic mass is 10.1. The van der Waals surface area contributed by atoms with E-state index in [1.54, 1.807) is 36.0 Å². The third kappa shape index (κ3) is 9.44. The number of alkyl halides is 3. The molecule has 2 aromatic carbocycles. The number of carboxylic acids is 1. The summed E-state index contributed by atoms with van der Waals surface area (Å²) < 4.78 is 44.5. The van der Waals surface area contributed by atoms with Gasteiger partial charge in [0.25, 0.3) is 0 Å². The van der Waals surface area contributed by atoms with Crippen molar-refractivity contribution in [3.05, 3.63) is 65.9 Å². The number of carboxylic acid groups (broad SMARTS) is 1. The number of aliphatic carboxylic acids is 1. The van der Waals surface area contributed by atoms with Gasteiger partial charge in [0.05, 0.1) is 17.7 Å². The Hall–Kier alpha value is -2.98. The van der Waals surface area contributed by atoms with Crippen LogP contribution in [0.15, 0.2) is 59.6 Å². The fraction of sp³-hybridized carbons (Fsp3) is 0.346. The van der Waals surface area contributed by atoms with Crippen molar-refractivity contribution >= 4 is 46.9 Å². The van der Waals surface area contributed by atoms with Crippen LogP contribution >= 0.6 is 24.2 Å². The minimum atomic E-state index is -4.39. The van der Waals surface area contributed by atoms with Gasteiger partial charge in [-0.05, 0) is 60.9 Å². The number of fused-ring (bicyclic) bond motifs is 1. The molecule has 37 heavy (non-hydrogen) atoms. The van der Waals surface area contributed by atoms with Crippen molar-refractivity contribution in [1.29, 1.82) is 0 Å². The number of nitrogens with one attached hydrogen (secondary N) is 1. The van der Waals surface area contributed by atoms with E-state index in [1.807, 2.05) is 6.07 Å². The van der Waals surface area contributed by atoms with Gasteiger partial charge in [-0.15, -0.1) is 24.2 Å². The molecule has 6 nitrogen and oxygen atoms in total. The SMILES string of the molecule is CC(=O)NC(Cc1ccc(OCCCCCSc2ccnc3cc(C(F)(F)F)ccc23)cc1)C(=O)O.Cl. The number of aromatic nitrogens is 1. The number of benzene rings is 2. The molecule has 2 N–H and O–H groups in total.